The van der Waals surface area contributed by atoms with E-state index >= 15 is 0 Å². The fraction of sp³-hybridized carbons (Fsp3) is 0.355. The molecule has 5 N–H and O–H groups in total. The third-order valence-corrected chi connectivity index (χ3v) is 6.71. The van der Waals surface area contributed by atoms with E-state index in [1.54, 1.807) is 20.0 Å². The Labute approximate surface area is 244 Å². The van der Waals surface area contributed by atoms with Crippen molar-refractivity contribution in [2.75, 3.05) is 0 Å². The lowest BCUT2D eigenvalue weighted by atomic mass is 10.0. The molecule has 0 aliphatic heterocycles. The molecule has 11 nitrogen and oxygen atoms in total. The van der Waals surface area contributed by atoms with Crippen LogP contribution in [0.5, 0.6) is 0 Å². The van der Waals surface area contributed by atoms with Gasteiger partial charge in [-0.05, 0) is 29.5 Å². The summed E-state index contributed by atoms with van der Waals surface area (Å²) in [5.74, 6) is -3.27. The first-order chi connectivity index (χ1) is 20.1. The number of carbonyl (C=O) groups excluding carboxylic acids is 5. The number of benzene rings is 2. The maximum absolute atomic E-state index is 13.4. The van der Waals surface area contributed by atoms with Crippen molar-refractivity contribution in [1.82, 2.24) is 20.9 Å². The molecule has 0 fully saturated rings. The van der Waals surface area contributed by atoms with Crippen LogP contribution in [-0.2, 0) is 41.7 Å². The first-order valence-electron chi connectivity index (χ1n) is 13.8. The summed E-state index contributed by atoms with van der Waals surface area (Å²) in [4.78, 5) is 66.8. The number of rotatable bonds is 15. The van der Waals surface area contributed by atoms with E-state index in [9.17, 15) is 24.0 Å². The minimum Gasteiger partial charge on any atom is -0.459 e. The van der Waals surface area contributed by atoms with Gasteiger partial charge in [0.1, 0.15) is 24.7 Å². The molecule has 0 saturated heterocycles. The van der Waals surface area contributed by atoms with Crippen molar-refractivity contribution >= 4 is 46.6 Å². The standard InChI is InChI=1S/C31H37N5O6/c1-19(2)28(31(41)42-18-21-9-5-4-6-10-21)36-29(39)26(14-13-23(38)16-32)35-30(40)27(34-20(3)37)15-22-17-33-25-12-8-7-11-24(22)25/h4-12,16-17,19,26-28,32-33H,13-15,18H2,1-3H3,(H,34,37)(H,35,40)(H,36,39)/t26-,27-,28-/m0/s1. The number of H-pyrrole nitrogens is 1. The number of nitrogens with one attached hydrogen (secondary N) is 5. The second-order valence-corrected chi connectivity index (χ2v) is 10.4. The van der Waals surface area contributed by atoms with Gasteiger partial charge < -0.3 is 31.1 Å². The fourth-order valence-electron chi connectivity index (χ4n) is 4.45. The SMILES string of the molecule is CC(=O)N[C@@H](Cc1c[nH]c2ccccc12)C(=O)N[C@@H](CCC(=O)C=N)C(=O)N[C@H](C(=O)OCc1ccccc1)C(C)C. The van der Waals surface area contributed by atoms with Crippen LogP contribution >= 0.6 is 0 Å². The quantitative estimate of drug-likeness (QED) is 0.138. The molecule has 0 spiro atoms. The molecule has 0 aliphatic rings. The van der Waals surface area contributed by atoms with Gasteiger partial charge in [0.2, 0.25) is 17.7 Å². The third-order valence-electron chi connectivity index (χ3n) is 6.71. The Kier molecular flexibility index (Phi) is 11.5. The summed E-state index contributed by atoms with van der Waals surface area (Å²) < 4.78 is 5.43. The van der Waals surface area contributed by atoms with Crippen molar-refractivity contribution in [3.8, 4) is 0 Å². The lowest BCUT2D eigenvalue weighted by Crippen LogP contribution is -2.57. The Morgan fingerprint density at radius 2 is 1.57 bits per heavy atom. The van der Waals surface area contributed by atoms with Crippen LogP contribution < -0.4 is 16.0 Å². The van der Waals surface area contributed by atoms with Crippen molar-refractivity contribution in [2.24, 2.45) is 5.92 Å². The fourth-order valence-corrected chi connectivity index (χ4v) is 4.45. The van der Waals surface area contributed by atoms with Crippen molar-refractivity contribution in [1.29, 1.82) is 5.41 Å². The largest absolute Gasteiger partial charge is 0.459 e. The predicted molar refractivity (Wildman–Crippen MR) is 158 cm³/mol. The van der Waals surface area contributed by atoms with Crippen molar-refractivity contribution < 1.29 is 28.7 Å². The molecule has 3 atom stereocenters. The van der Waals surface area contributed by atoms with E-state index < -0.39 is 47.6 Å². The molecular weight excluding hydrogens is 538 g/mol. The zero-order valence-electron chi connectivity index (χ0n) is 23.9. The molecular formula is C31H37N5O6. The molecule has 3 rings (SSSR count). The first kappa shape index (κ1) is 31.7. The Bertz CT molecular complexity index is 1420. The Morgan fingerprint density at radius 1 is 0.905 bits per heavy atom. The molecule has 2 aromatic carbocycles. The number of aromatic amines is 1. The average molecular weight is 576 g/mol. The lowest BCUT2D eigenvalue weighted by Gasteiger charge is -2.26. The first-order valence-corrected chi connectivity index (χ1v) is 13.8. The summed E-state index contributed by atoms with van der Waals surface area (Å²) >= 11 is 0. The van der Waals surface area contributed by atoms with E-state index in [4.69, 9.17) is 10.1 Å². The second-order valence-electron chi connectivity index (χ2n) is 10.4. The summed E-state index contributed by atoms with van der Waals surface area (Å²) in [6.45, 7) is 4.81. The average Bonchev–Trinajstić information content (AvgIpc) is 3.38. The summed E-state index contributed by atoms with van der Waals surface area (Å²) in [5.41, 5.74) is 2.45. The third kappa shape index (κ3) is 9.12. The summed E-state index contributed by atoms with van der Waals surface area (Å²) in [7, 11) is 0. The Morgan fingerprint density at radius 3 is 2.24 bits per heavy atom. The van der Waals surface area contributed by atoms with Crippen molar-refractivity contribution in [2.45, 2.75) is 64.8 Å². The molecule has 1 aromatic heterocycles. The molecule has 0 saturated carbocycles. The number of carbonyl (C=O) groups is 5. The number of para-hydroxylation sites is 1. The number of esters is 1. The monoisotopic (exact) mass is 575 g/mol. The molecule has 1 heterocycles. The molecule has 0 unspecified atom stereocenters. The molecule has 222 valence electrons. The molecule has 11 heteroatoms. The molecule has 0 bridgehead atoms. The number of amides is 3. The number of ketones is 1. The van der Waals surface area contributed by atoms with Gasteiger partial charge in [0.05, 0.1) is 6.21 Å². The van der Waals surface area contributed by atoms with Crippen LogP contribution in [0.25, 0.3) is 10.9 Å². The van der Waals surface area contributed by atoms with Crippen LogP contribution in [0.2, 0.25) is 0 Å². The Balaban J connectivity index is 1.76. The zero-order valence-corrected chi connectivity index (χ0v) is 23.9. The number of ether oxygens (including phenoxy) is 1. The number of Topliss-reactive ketones (excluding diaryl/α,β-unsaturated/α-hetero) is 1. The number of hydrogen-bond donors (Lipinski definition) is 5. The number of hydrogen-bond acceptors (Lipinski definition) is 7. The van der Waals surface area contributed by atoms with Gasteiger partial charge in [0.25, 0.3) is 0 Å². The maximum atomic E-state index is 13.4. The van der Waals surface area contributed by atoms with Crippen LogP contribution in [-0.4, -0.2) is 58.8 Å². The molecule has 42 heavy (non-hydrogen) atoms. The highest BCUT2D eigenvalue weighted by Gasteiger charge is 2.32. The predicted octanol–water partition coefficient (Wildman–Crippen LogP) is 2.58. The summed E-state index contributed by atoms with van der Waals surface area (Å²) in [5, 5.41) is 16.0. The van der Waals surface area contributed by atoms with Gasteiger partial charge in [-0.25, -0.2) is 4.79 Å². The van der Waals surface area contributed by atoms with Crippen LogP contribution in [0.15, 0.2) is 60.8 Å². The molecule has 3 aromatic rings. The zero-order chi connectivity index (χ0) is 30.6. The van der Waals surface area contributed by atoms with Gasteiger partial charge in [-0.1, -0.05) is 62.4 Å². The minimum absolute atomic E-state index is 0.0268. The van der Waals surface area contributed by atoms with E-state index in [0.29, 0.717) is 6.21 Å². The van der Waals surface area contributed by atoms with Crippen LogP contribution in [0, 0.1) is 11.3 Å². The van der Waals surface area contributed by atoms with Gasteiger partial charge >= 0.3 is 5.97 Å². The second kappa shape index (κ2) is 15.3. The summed E-state index contributed by atoms with van der Waals surface area (Å²) in [6, 6.07) is 13.4. The van der Waals surface area contributed by atoms with Crippen LogP contribution in [0.1, 0.15) is 44.7 Å². The van der Waals surface area contributed by atoms with Gasteiger partial charge in [0.15, 0.2) is 5.78 Å². The van der Waals surface area contributed by atoms with Gasteiger partial charge in [-0.2, -0.15) is 0 Å². The van der Waals surface area contributed by atoms with Gasteiger partial charge in [0, 0.05) is 36.9 Å². The maximum Gasteiger partial charge on any atom is 0.329 e. The highest BCUT2D eigenvalue weighted by Crippen LogP contribution is 2.19. The molecule has 0 aliphatic carbocycles. The van der Waals surface area contributed by atoms with Gasteiger partial charge in [-0.3, -0.25) is 19.2 Å². The van der Waals surface area contributed by atoms with E-state index in [1.807, 2.05) is 54.6 Å². The van der Waals surface area contributed by atoms with Gasteiger partial charge in [-0.15, -0.1) is 0 Å². The summed E-state index contributed by atoms with van der Waals surface area (Å²) in [6.07, 6.45) is 2.25. The van der Waals surface area contributed by atoms with Crippen molar-refractivity contribution in [3.63, 3.8) is 0 Å². The Hall–Kier alpha value is -4.80. The topological polar surface area (TPSA) is 170 Å². The highest BCUT2D eigenvalue weighted by molar-refractivity contribution is 6.26. The number of fused-ring (bicyclic) bond motifs is 1. The number of aromatic nitrogens is 1. The van der Waals surface area contributed by atoms with Crippen LogP contribution in [0.3, 0.4) is 0 Å². The van der Waals surface area contributed by atoms with E-state index in [0.717, 1.165) is 22.0 Å². The lowest BCUT2D eigenvalue weighted by molar-refractivity contribution is -0.150. The highest BCUT2D eigenvalue weighted by atomic mass is 16.5. The van der Waals surface area contributed by atoms with Crippen LogP contribution in [0.4, 0.5) is 0 Å². The molecule has 3 amide bonds. The van der Waals surface area contributed by atoms with Crippen molar-refractivity contribution in [3.05, 3.63) is 71.9 Å². The smallest absolute Gasteiger partial charge is 0.329 e. The minimum atomic E-state index is -1.22. The van der Waals surface area contributed by atoms with E-state index in [1.165, 1.54) is 6.92 Å². The van der Waals surface area contributed by atoms with E-state index in [-0.39, 0.29) is 31.8 Å². The normalized spacial score (nSPS) is 13.0. The van der Waals surface area contributed by atoms with E-state index in [2.05, 4.69) is 20.9 Å². The molecule has 0 radical (unpaired) electrons.